The molecule has 0 fully saturated rings. The van der Waals surface area contributed by atoms with E-state index in [1.807, 2.05) is 11.3 Å². The van der Waals surface area contributed by atoms with Crippen LogP contribution in [-0.4, -0.2) is 0 Å². The summed E-state index contributed by atoms with van der Waals surface area (Å²) < 4.78 is 0. The molecule has 0 aliphatic rings. The maximum atomic E-state index is 5.34. The minimum Gasteiger partial charge on any atom is -0.143 e. The van der Waals surface area contributed by atoms with Crippen molar-refractivity contribution < 1.29 is 0 Å². The molecule has 3 heteroatoms. The standard InChI is InChI=1S/C15H10S3/c1-2-4-11-6-7-14(17-11)15-9-8-13(18-15)12-5-3-10-16-12/h1,3,5-10H,4H2. The summed E-state index contributed by atoms with van der Waals surface area (Å²) >= 11 is 5.42. The number of rotatable bonds is 3. The minimum absolute atomic E-state index is 0.730. The molecule has 0 nitrogen and oxygen atoms in total. The monoisotopic (exact) mass is 286 g/mol. The highest BCUT2D eigenvalue weighted by atomic mass is 32.1. The molecule has 0 aromatic carbocycles. The average Bonchev–Trinajstić information content (AvgIpc) is 3.10. The largest absolute Gasteiger partial charge is 0.143 e. The molecule has 0 aliphatic heterocycles. The zero-order chi connectivity index (χ0) is 12.4. The zero-order valence-electron chi connectivity index (χ0n) is 9.55. The fraction of sp³-hybridized carbons (Fsp3) is 0.0667. The van der Waals surface area contributed by atoms with Crippen LogP contribution in [0.4, 0.5) is 0 Å². The molecule has 0 unspecified atom stereocenters. The normalized spacial score (nSPS) is 10.4. The fourth-order valence-electron chi connectivity index (χ4n) is 1.73. The third-order valence-corrected chi connectivity index (χ3v) is 5.98. The topological polar surface area (TPSA) is 0 Å². The highest BCUT2D eigenvalue weighted by Crippen LogP contribution is 2.38. The van der Waals surface area contributed by atoms with Crippen LogP contribution >= 0.6 is 34.0 Å². The highest BCUT2D eigenvalue weighted by molar-refractivity contribution is 7.26. The predicted octanol–water partition coefficient (Wildman–Crippen LogP) is 5.38. The van der Waals surface area contributed by atoms with Crippen LogP contribution < -0.4 is 0 Å². The Morgan fingerprint density at radius 2 is 1.61 bits per heavy atom. The Labute approximate surface area is 119 Å². The number of terminal acetylenes is 1. The molecule has 88 valence electrons. The number of hydrogen-bond acceptors (Lipinski definition) is 3. The van der Waals surface area contributed by atoms with Gasteiger partial charge in [0.1, 0.15) is 0 Å². The van der Waals surface area contributed by atoms with E-state index in [1.165, 1.54) is 24.4 Å². The lowest BCUT2D eigenvalue weighted by Gasteiger charge is -1.90. The van der Waals surface area contributed by atoms with Gasteiger partial charge < -0.3 is 0 Å². The third-order valence-electron chi connectivity index (χ3n) is 2.55. The van der Waals surface area contributed by atoms with Crippen LogP contribution in [0.1, 0.15) is 4.88 Å². The van der Waals surface area contributed by atoms with E-state index in [0.717, 1.165) is 6.42 Å². The molecule has 0 atom stereocenters. The molecular formula is C15H10S3. The number of hydrogen-bond donors (Lipinski definition) is 0. The average molecular weight is 286 g/mol. The Morgan fingerprint density at radius 3 is 2.33 bits per heavy atom. The van der Waals surface area contributed by atoms with Crippen LogP contribution in [0.2, 0.25) is 0 Å². The molecular weight excluding hydrogens is 276 g/mol. The van der Waals surface area contributed by atoms with Gasteiger partial charge in [0.05, 0.1) is 0 Å². The van der Waals surface area contributed by atoms with Crippen molar-refractivity contribution in [1.29, 1.82) is 0 Å². The molecule has 0 saturated heterocycles. The molecule has 3 heterocycles. The van der Waals surface area contributed by atoms with E-state index in [1.54, 1.807) is 22.7 Å². The van der Waals surface area contributed by atoms with Gasteiger partial charge in [0.15, 0.2) is 0 Å². The summed E-state index contributed by atoms with van der Waals surface area (Å²) in [6.07, 6.45) is 6.07. The van der Waals surface area contributed by atoms with Gasteiger partial charge in [0.25, 0.3) is 0 Å². The maximum Gasteiger partial charge on any atom is 0.0449 e. The molecule has 3 aromatic rings. The molecule has 0 N–H and O–H groups in total. The van der Waals surface area contributed by atoms with Gasteiger partial charge in [-0.05, 0) is 35.7 Å². The summed E-state index contributed by atoms with van der Waals surface area (Å²) in [5.41, 5.74) is 0. The van der Waals surface area contributed by atoms with Gasteiger partial charge in [-0.2, -0.15) is 0 Å². The lowest BCUT2D eigenvalue weighted by molar-refractivity contribution is 1.42. The lowest BCUT2D eigenvalue weighted by Crippen LogP contribution is -1.68. The van der Waals surface area contributed by atoms with E-state index in [0.29, 0.717) is 0 Å². The van der Waals surface area contributed by atoms with Gasteiger partial charge in [-0.25, -0.2) is 0 Å². The van der Waals surface area contributed by atoms with Crippen LogP contribution in [0.25, 0.3) is 19.5 Å². The third kappa shape index (κ3) is 2.28. The van der Waals surface area contributed by atoms with Crippen molar-refractivity contribution in [3.63, 3.8) is 0 Å². The zero-order valence-corrected chi connectivity index (χ0v) is 12.0. The Hall–Kier alpha value is -1.34. The fourth-order valence-corrected chi connectivity index (χ4v) is 4.62. The van der Waals surface area contributed by atoms with Gasteiger partial charge >= 0.3 is 0 Å². The van der Waals surface area contributed by atoms with Crippen molar-refractivity contribution >= 4 is 34.0 Å². The van der Waals surface area contributed by atoms with Crippen molar-refractivity contribution in [3.8, 4) is 31.9 Å². The van der Waals surface area contributed by atoms with E-state index in [9.17, 15) is 0 Å². The Balaban J connectivity index is 1.91. The van der Waals surface area contributed by atoms with Gasteiger partial charge in [-0.3, -0.25) is 0 Å². The summed E-state index contributed by atoms with van der Waals surface area (Å²) in [4.78, 5) is 6.58. The van der Waals surface area contributed by atoms with E-state index >= 15 is 0 Å². The van der Waals surface area contributed by atoms with Crippen molar-refractivity contribution in [2.45, 2.75) is 6.42 Å². The van der Waals surface area contributed by atoms with Crippen molar-refractivity contribution in [2.24, 2.45) is 0 Å². The smallest absolute Gasteiger partial charge is 0.0449 e. The van der Waals surface area contributed by atoms with Crippen LogP contribution in [-0.2, 0) is 6.42 Å². The molecule has 0 radical (unpaired) electrons. The minimum atomic E-state index is 0.730. The summed E-state index contributed by atoms with van der Waals surface area (Å²) in [6.45, 7) is 0. The summed E-state index contributed by atoms with van der Waals surface area (Å²) in [6, 6.07) is 13.0. The van der Waals surface area contributed by atoms with Crippen molar-refractivity contribution in [1.82, 2.24) is 0 Å². The first kappa shape index (κ1) is 11.7. The van der Waals surface area contributed by atoms with Crippen LogP contribution in [0.5, 0.6) is 0 Å². The molecule has 3 aromatic heterocycles. The van der Waals surface area contributed by atoms with E-state index in [4.69, 9.17) is 6.42 Å². The first-order valence-corrected chi connectivity index (χ1v) is 8.04. The maximum absolute atomic E-state index is 5.34. The SMILES string of the molecule is C#CCc1ccc(-c2ccc(-c3cccs3)s2)s1. The van der Waals surface area contributed by atoms with Crippen LogP contribution in [0.15, 0.2) is 41.8 Å². The van der Waals surface area contributed by atoms with E-state index in [2.05, 4.69) is 47.7 Å². The van der Waals surface area contributed by atoms with E-state index < -0.39 is 0 Å². The quantitative estimate of drug-likeness (QED) is 0.567. The molecule has 0 saturated carbocycles. The van der Waals surface area contributed by atoms with Gasteiger partial charge in [-0.1, -0.05) is 6.07 Å². The lowest BCUT2D eigenvalue weighted by atomic mass is 10.3. The molecule has 0 spiro atoms. The van der Waals surface area contributed by atoms with Gasteiger partial charge in [0.2, 0.25) is 0 Å². The first-order chi connectivity index (χ1) is 8.86. The second kappa shape index (κ2) is 5.11. The Morgan fingerprint density at radius 1 is 0.889 bits per heavy atom. The molecule has 0 amide bonds. The second-order valence-electron chi connectivity index (χ2n) is 3.79. The van der Waals surface area contributed by atoms with Crippen molar-refractivity contribution in [2.75, 3.05) is 0 Å². The summed E-state index contributed by atoms with van der Waals surface area (Å²) in [5.74, 6) is 2.69. The Bertz CT molecular complexity index is 677. The van der Waals surface area contributed by atoms with Crippen molar-refractivity contribution in [3.05, 3.63) is 46.7 Å². The predicted molar refractivity (Wildman–Crippen MR) is 83.5 cm³/mol. The second-order valence-corrected chi connectivity index (χ2v) is 6.99. The molecule has 0 bridgehead atoms. The van der Waals surface area contributed by atoms with Gasteiger partial charge in [-0.15, -0.1) is 46.4 Å². The number of thiophene rings is 3. The first-order valence-electron chi connectivity index (χ1n) is 5.53. The van der Waals surface area contributed by atoms with Gasteiger partial charge in [0, 0.05) is 30.8 Å². The molecule has 0 aliphatic carbocycles. The summed E-state index contributed by atoms with van der Waals surface area (Å²) in [7, 11) is 0. The Kier molecular flexibility index (Phi) is 3.33. The molecule has 18 heavy (non-hydrogen) atoms. The van der Waals surface area contributed by atoms with Crippen LogP contribution in [0, 0.1) is 12.3 Å². The molecule has 3 rings (SSSR count). The summed E-state index contributed by atoms with van der Waals surface area (Å²) in [5, 5.41) is 2.12. The van der Waals surface area contributed by atoms with E-state index in [-0.39, 0.29) is 0 Å². The highest BCUT2D eigenvalue weighted by Gasteiger charge is 2.07. The van der Waals surface area contributed by atoms with Crippen LogP contribution in [0.3, 0.4) is 0 Å².